The van der Waals surface area contributed by atoms with Crippen molar-refractivity contribution in [1.82, 2.24) is 25.6 Å². The highest BCUT2D eigenvalue weighted by molar-refractivity contribution is 5.93. The number of carbonyl (C=O) groups is 4. The first kappa shape index (κ1) is 36.1. The predicted octanol–water partition coefficient (Wildman–Crippen LogP) is 5.52. The number of urea groups is 1. The highest BCUT2D eigenvalue weighted by atomic mass is 16.6. The van der Waals surface area contributed by atoms with Crippen LogP contribution in [-0.2, 0) is 14.3 Å². The summed E-state index contributed by atoms with van der Waals surface area (Å²) in [5.41, 5.74) is 4.58. The summed E-state index contributed by atoms with van der Waals surface area (Å²) >= 11 is 0. The van der Waals surface area contributed by atoms with E-state index in [0.29, 0.717) is 47.5 Å². The van der Waals surface area contributed by atoms with E-state index in [0.717, 1.165) is 36.3 Å². The van der Waals surface area contributed by atoms with E-state index in [1.807, 2.05) is 67.6 Å². The number of carboxylic acids is 1. The first-order valence-corrected chi connectivity index (χ1v) is 17.2. The normalized spacial score (nSPS) is 20.7. The third-order valence-corrected chi connectivity index (χ3v) is 8.78. The average molecular weight is 688 g/mol. The Bertz CT molecular complexity index is 1680. The minimum absolute atomic E-state index is 0.0387. The Morgan fingerprint density at radius 1 is 1.08 bits per heavy atom. The smallest absolute Gasteiger partial charge is 0.465 e. The summed E-state index contributed by atoms with van der Waals surface area (Å²) in [5.74, 6) is -0.917. The molecular weight excluding hydrogens is 642 g/mol. The summed E-state index contributed by atoms with van der Waals surface area (Å²) in [6.45, 7) is 2.48. The van der Waals surface area contributed by atoms with Crippen LogP contribution in [0.1, 0.15) is 58.3 Å². The zero-order valence-corrected chi connectivity index (χ0v) is 28.5. The number of nitrogens with one attached hydrogen (secondary N) is 2. The number of benzene rings is 2. The van der Waals surface area contributed by atoms with E-state index in [-0.39, 0.29) is 26.0 Å². The van der Waals surface area contributed by atoms with Crippen LogP contribution in [0, 0.1) is 0 Å². The van der Waals surface area contributed by atoms with Gasteiger partial charge < -0.3 is 24.6 Å². The number of aliphatic carboxylic acids is 1. The summed E-state index contributed by atoms with van der Waals surface area (Å²) in [5, 5.41) is 14.7. The maximum absolute atomic E-state index is 14.4. The minimum atomic E-state index is -1.41. The molecule has 13 heteroatoms. The van der Waals surface area contributed by atoms with E-state index in [2.05, 4.69) is 10.7 Å². The fourth-order valence-corrected chi connectivity index (χ4v) is 6.10. The number of hydrazine groups is 1. The molecule has 50 heavy (non-hydrogen) atoms. The minimum Gasteiger partial charge on any atom is -0.497 e. The molecule has 4 amide bonds. The number of rotatable bonds is 9. The van der Waals surface area contributed by atoms with Gasteiger partial charge in [-0.1, -0.05) is 60.7 Å². The zero-order chi connectivity index (χ0) is 35.5. The standard InChI is InChI=1S/C37H45N5O8/c1-3-4-20-49-37(47)40-42-31(35(44)45)16-12-7-5-6-8-13-19-38-36(46)41-24-27(22-32(41)34(42)43)50-33-23-29(25-14-10-9-11-15-25)39-30-21-26(48-2)17-18-28(30)33/h5,7,9-11,14-15,17-18,21,23,27,31-32H,3-4,6,8,12-13,16,19-20,22,24H2,1-2H3,(H,38,46)(H,40,47)(H,44,45)/q+1. The van der Waals surface area contributed by atoms with Crippen LogP contribution in [0.3, 0.4) is 0 Å². The topological polar surface area (TPSA) is 162 Å². The van der Waals surface area contributed by atoms with Gasteiger partial charge in [-0.3, -0.25) is 4.79 Å². The molecule has 3 aromatic rings. The number of ether oxygens (including phenoxy) is 3. The molecule has 1 saturated heterocycles. The van der Waals surface area contributed by atoms with Crippen LogP contribution in [-0.4, -0.2) is 84.1 Å². The van der Waals surface area contributed by atoms with Crippen molar-refractivity contribution in [3.05, 3.63) is 66.7 Å². The van der Waals surface area contributed by atoms with Gasteiger partial charge in [0.15, 0.2) is 18.7 Å². The van der Waals surface area contributed by atoms with Crippen LogP contribution in [0.5, 0.6) is 11.5 Å². The largest absolute Gasteiger partial charge is 0.497 e. The number of aromatic nitrogens is 1. The molecule has 5 rings (SSSR count). The number of hydrogen-bond donors (Lipinski definition) is 3. The Balaban J connectivity index is 1.49. The average Bonchev–Trinajstić information content (AvgIpc) is 3.54. The molecule has 1 radical (unpaired) electrons. The van der Waals surface area contributed by atoms with E-state index in [1.54, 1.807) is 13.2 Å². The second-order valence-electron chi connectivity index (χ2n) is 12.3. The van der Waals surface area contributed by atoms with Crippen LogP contribution in [0.15, 0.2) is 66.7 Å². The number of amides is 4. The van der Waals surface area contributed by atoms with Gasteiger partial charge >= 0.3 is 24.0 Å². The van der Waals surface area contributed by atoms with E-state index in [4.69, 9.17) is 19.2 Å². The van der Waals surface area contributed by atoms with E-state index >= 15 is 0 Å². The summed E-state index contributed by atoms with van der Waals surface area (Å²) < 4.78 is 17.3. The lowest BCUT2D eigenvalue weighted by Crippen LogP contribution is -2.62. The Morgan fingerprint density at radius 3 is 2.64 bits per heavy atom. The molecule has 1 aromatic heterocycles. The maximum Gasteiger partial charge on any atom is 0.465 e. The van der Waals surface area contributed by atoms with Crippen molar-refractivity contribution < 1.29 is 38.5 Å². The first-order chi connectivity index (χ1) is 24.3. The van der Waals surface area contributed by atoms with E-state index < -0.39 is 42.2 Å². The SMILES string of the molecule is CCCCOC(=O)NN1C(=O)C2CC(Oc3cc(-c4ccccc4)nc4cc(OC)ccc34)C[N+]2C(=O)NCCCCC=CCCC1C(=O)O. The molecule has 2 aliphatic heterocycles. The molecule has 0 spiro atoms. The fourth-order valence-electron chi connectivity index (χ4n) is 6.10. The van der Waals surface area contributed by atoms with Crippen LogP contribution < -0.4 is 25.1 Å². The van der Waals surface area contributed by atoms with Gasteiger partial charge in [-0.2, -0.15) is 0 Å². The summed E-state index contributed by atoms with van der Waals surface area (Å²) in [4.78, 5) is 59.7. The Labute approximate surface area is 291 Å². The first-order valence-electron chi connectivity index (χ1n) is 17.2. The van der Waals surface area contributed by atoms with Crippen molar-refractivity contribution in [3.63, 3.8) is 0 Å². The van der Waals surface area contributed by atoms with Crippen LogP contribution in [0.25, 0.3) is 22.2 Å². The molecule has 3 N–H and O–H groups in total. The number of unbranched alkanes of at least 4 members (excludes halogenated alkanes) is 1. The molecule has 1 fully saturated rings. The number of hydrogen-bond acceptors (Lipinski definition) is 8. The number of carbonyl (C=O) groups excluding carboxylic acids is 3. The van der Waals surface area contributed by atoms with Crippen molar-refractivity contribution in [2.45, 2.75) is 76.5 Å². The monoisotopic (exact) mass is 687 g/mol. The van der Waals surface area contributed by atoms with Crippen molar-refractivity contribution in [3.8, 4) is 22.8 Å². The Hall–Kier alpha value is -5.17. The third kappa shape index (κ3) is 9.08. The van der Waals surface area contributed by atoms with Gasteiger partial charge in [0, 0.05) is 29.6 Å². The fraction of sp³-hybridized carbons (Fsp3) is 0.432. The Kier molecular flexibility index (Phi) is 12.6. The molecule has 0 aliphatic carbocycles. The second kappa shape index (κ2) is 17.5. The van der Waals surface area contributed by atoms with Crippen LogP contribution in [0.2, 0.25) is 0 Å². The van der Waals surface area contributed by atoms with Crippen LogP contribution >= 0.6 is 0 Å². The second-order valence-corrected chi connectivity index (χ2v) is 12.3. The lowest BCUT2D eigenvalue weighted by atomic mass is 10.1. The van der Waals surface area contributed by atoms with E-state index in [9.17, 15) is 24.3 Å². The molecule has 2 aromatic carbocycles. The summed E-state index contributed by atoms with van der Waals surface area (Å²) in [6, 6.07) is 13.9. The molecule has 3 atom stereocenters. The number of nitrogens with zero attached hydrogens (tertiary/aromatic N) is 3. The van der Waals surface area contributed by atoms with Crippen molar-refractivity contribution in [2.75, 3.05) is 26.8 Å². The van der Waals surface area contributed by atoms with Crippen molar-refractivity contribution in [2.24, 2.45) is 0 Å². The molecule has 0 saturated carbocycles. The molecule has 2 aliphatic rings. The number of pyridine rings is 1. The third-order valence-electron chi connectivity index (χ3n) is 8.78. The highest BCUT2D eigenvalue weighted by Gasteiger charge is 2.54. The van der Waals surface area contributed by atoms with Gasteiger partial charge in [0.1, 0.15) is 11.5 Å². The van der Waals surface area contributed by atoms with E-state index in [1.165, 1.54) is 4.90 Å². The molecule has 3 heterocycles. The quantitative estimate of drug-likeness (QED) is 0.149. The number of carboxylic acid groups (broad SMARTS) is 1. The lowest BCUT2D eigenvalue weighted by molar-refractivity contribution is -0.154. The van der Waals surface area contributed by atoms with Gasteiger partial charge in [-0.25, -0.2) is 29.8 Å². The zero-order valence-electron chi connectivity index (χ0n) is 28.5. The Morgan fingerprint density at radius 2 is 1.88 bits per heavy atom. The number of methoxy groups -OCH3 is 1. The molecule has 3 unspecified atom stereocenters. The summed E-state index contributed by atoms with van der Waals surface area (Å²) in [6.07, 6.45) is 6.39. The molecule has 0 bridgehead atoms. The van der Waals surface area contributed by atoms with Gasteiger partial charge in [-0.15, -0.1) is 0 Å². The maximum atomic E-state index is 14.4. The van der Waals surface area contributed by atoms with Crippen molar-refractivity contribution in [1.29, 1.82) is 0 Å². The molecule has 13 nitrogen and oxygen atoms in total. The van der Waals surface area contributed by atoms with Gasteiger partial charge in [-0.05, 0) is 50.7 Å². The number of allylic oxidation sites excluding steroid dienone is 2. The van der Waals surface area contributed by atoms with Gasteiger partial charge in [0.2, 0.25) is 6.04 Å². The predicted molar refractivity (Wildman–Crippen MR) is 187 cm³/mol. The summed E-state index contributed by atoms with van der Waals surface area (Å²) in [7, 11) is 1.58. The lowest BCUT2D eigenvalue weighted by Gasteiger charge is -2.30. The van der Waals surface area contributed by atoms with Crippen LogP contribution in [0.4, 0.5) is 9.59 Å². The number of fused-ring (bicyclic) bond motifs is 2. The molecule has 265 valence electrons. The van der Waals surface area contributed by atoms with Gasteiger partial charge in [0.05, 0.1) is 31.3 Å². The van der Waals surface area contributed by atoms with Gasteiger partial charge in [0.25, 0.3) is 0 Å². The molecular formula is C37H45N5O8+. The highest BCUT2D eigenvalue weighted by Crippen LogP contribution is 2.34. The van der Waals surface area contributed by atoms with Crippen molar-refractivity contribution >= 4 is 34.9 Å².